The fourth-order valence-corrected chi connectivity index (χ4v) is 10.3. The van der Waals surface area contributed by atoms with Crippen LogP contribution in [0.3, 0.4) is 0 Å². The summed E-state index contributed by atoms with van der Waals surface area (Å²) in [5.74, 6) is 1.97. The van der Waals surface area contributed by atoms with Gasteiger partial charge >= 0.3 is 241 Å². The number of rotatable bonds is 4. The van der Waals surface area contributed by atoms with Crippen molar-refractivity contribution in [2.24, 2.45) is 0 Å². The summed E-state index contributed by atoms with van der Waals surface area (Å²) in [5, 5.41) is 13.0. The van der Waals surface area contributed by atoms with E-state index in [1.807, 2.05) is 24.3 Å². The molecule has 53 heavy (non-hydrogen) atoms. The van der Waals surface area contributed by atoms with Gasteiger partial charge in [0.25, 0.3) is 0 Å². The van der Waals surface area contributed by atoms with Crippen LogP contribution in [0.4, 0.5) is 0 Å². The Morgan fingerprint density at radius 3 is 1.49 bits per heavy atom. The van der Waals surface area contributed by atoms with Gasteiger partial charge in [0.15, 0.2) is 0 Å². The molecule has 11 aromatic rings. The first-order chi connectivity index (χ1) is 26.2. The van der Waals surface area contributed by atoms with Crippen molar-refractivity contribution in [1.82, 2.24) is 15.0 Å². The molecular formula is C49H29N3Se. The number of benzene rings is 9. The number of nitrogens with zero attached hydrogens (tertiary/aromatic N) is 3. The molecule has 0 spiro atoms. The molecule has 0 aliphatic heterocycles. The Morgan fingerprint density at radius 2 is 0.774 bits per heavy atom. The van der Waals surface area contributed by atoms with E-state index in [2.05, 4.69) is 152 Å². The zero-order valence-corrected chi connectivity index (χ0v) is 30.2. The average Bonchev–Trinajstić information content (AvgIpc) is 3.62. The monoisotopic (exact) mass is 739 g/mol. The molecule has 0 aliphatic carbocycles. The smallest absolute Gasteiger partial charge is 0.0617 e. The molecule has 11 rings (SSSR count). The van der Waals surface area contributed by atoms with Crippen LogP contribution in [-0.4, -0.2) is 29.5 Å². The molecule has 0 amide bonds. The minimum Gasteiger partial charge on any atom is -0.0617 e. The second-order valence-corrected chi connectivity index (χ2v) is 15.9. The third-order valence-electron chi connectivity index (χ3n) is 10.5. The van der Waals surface area contributed by atoms with Crippen molar-refractivity contribution in [3.05, 3.63) is 176 Å². The standard InChI is InChI=1S/C49H29N3Se/c1-3-11-30(12-4-1)31-19-21-34(22-20-31)48-50-47(33-14-5-2-6-15-33)51-49(52-48)35-23-25-39-40(27-35)37-17-9-10-18-38(37)41-28-43-45(29-42(39)41)53-44-26-24-32-13-7-8-16-36(32)46(43)44/h1-29H. The number of fused-ring (bicyclic) bond motifs is 11. The summed E-state index contributed by atoms with van der Waals surface area (Å²) < 4.78 is 2.91. The second kappa shape index (κ2) is 12.1. The summed E-state index contributed by atoms with van der Waals surface area (Å²) in [5.41, 5.74) is 5.21. The van der Waals surface area contributed by atoms with Gasteiger partial charge < -0.3 is 0 Å². The molecule has 246 valence electrons. The van der Waals surface area contributed by atoms with Gasteiger partial charge in [-0.1, -0.05) is 60.7 Å². The summed E-state index contributed by atoms with van der Waals surface area (Å²) in [6, 6.07) is 63.1. The Bertz CT molecular complexity index is 3200. The van der Waals surface area contributed by atoms with Crippen molar-refractivity contribution in [2.75, 3.05) is 0 Å². The summed E-state index contributed by atoms with van der Waals surface area (Å²) in [6.07, 6.45) is 0. The van der Waals surface area contributed by atoms with E-state index in [9.17, 15) is 0 Å². The Kier molecular flexibility index (Phi) is 6.88. The van der Waals surface area contributed by atoms with Gasteiger partial charge in [-0.2, -0.15) is 0 Å². The Morgan fingerprint density at radius 1 is 0.283 bits per heavy atom. The molecule has 0 bridgehead atoms. The molecule has 0 fully saturated rings. The first kappa shape index (κ1) is 30.2. The van der Waals surface area contributed by atoms with Gasteiger partial charge in [-0.15, -0.1) is 0 Å². The fourth-order valence-electron chi connectivity index (χ4n) is 7.92. The molecule has 0 unspecified atom stereocenters. The van der Waals surface area contributed by atoms with Crippen LogP contribution in [0.2, 0.25) is 0 Å². The van der Waals surface area contributed by atoms with E-state index in [0.717, 1.165) is 22.3 Å². The molecule has 0 atom stereocenters. The molecule has 9 aromatic carbocycles. The SMILES string of the molecule is c1ccc(-c2ccc(-c3nc(-c4ccccc4)nc(-c4ccc5c(c4)c4ccccc4c4cc6c(cc54)[se]c4ccc5ccccc5c46)n3)cc2)cc1. The summed E-state index contributed by atoms with van der Waals surface area (Å²) in [7, 11) is 0. The maximum atomic E-state index is 5.13. The topological polar surface area (TPSA) is 38.7 Å². The van der Waals surface area contributed by atoms with Crippen molar-refractivity contribution in [3.63, 3.8) is 0 Å². The van der Waals surface area contributed by atoms with Gasteiger partial charge in [0.2, 0.25) is 0 Å². The van der Waals surface area contributed by atoms with Crippen LogP contribution in [0.25, 0.3) is 108 Å². The van der Waals surface area contributed by atoms with Crippen LogP contribution < -0.4 is 0 Å². The first-order valence-corrected chi connectivity index (χ1v) is 19.6. The van der Waals surface area contributed by atoms with E-state index in [1.165, 1.54) is 67.9 Å². The number of aromatic nitrogens is 3. The maximum absolute atomic E-state index is 5.13. The molecule has 0 saturated carbocycles. The third kappa shape index (κ3) is 4.99. The van der Waals surface area contributed by atoms with E-state index >= 15 is 0 Å². The van der Waals surface area contributed by atoms with E-state index in [-0.39, 0.29) is 14.5 Å². The predicted molar refractivity (Wildman–Crippen MR) is 224 cm³/mol. The molecule has 2 heterocycles. The molecule has 0 saturated heterocycles. The van der Waals surface area contributed by atoms with Crippen LogP contribution in [0.5, 0.6) is 0 Å². The van der Waals surface area contributed by atoms with Crippen molar-refractivity contribution in [3.8, 4) is 45.3 Å². The van der Waals surface area contributed by atoms with Gasteiger partial charge in [-0.05, 0) is 11.1 Å². The number of hydrogen-bond donors (Lipinski definition) is 0. The van der Waals surface area contributed by atoms with Crippen LogP contribution >= 0.6 is 0 Å². The van der Waals surface area contributed by atoms with Gasteiger partial charge in [0.1, 0.15) is 0 Å². The van der Waals surface area contributed by atoms with Crippen LogP contribution in [-0.2, 0) is 0 Å². The van der Waals surface area contributed by atoms with Crippen molar-refractivity contribution < 1.29 is 0 Å². The molecule has 0 radical (unpaired) electrons. The minimum atomic E-state index is 0.245. The average molecular weight is 739 g/mol. The molecule has 3 nitrogen and oxygen atoms in total. The zero-order chi connectivity index (χ0) is 34.9. The summed E-state index contributed by atoms with van der Waals surface area (Å²) in [6.45, 7) is 0. The molecule has 2 aromatic heterocycles. The van der Waals surface area contributed by atoms with Crippen molar-refractivity contribution in [2.45, 2.75) is 0 Å². The van der Waals surface area contributed by atoms with Gasteiger partial charge in [-0.3, -0.25) is 0 Å². The Balaban J connectivity index is 1.12. The van der Waals surface area contributed by atoms with Crippen LogP contribution in [0, 0.1) is 0 Å². The number of hydrogen-bond acceptors (Lipinski definition) is 3. The Hall–Kier alpha value is -6.45. The normalized spacial score (nSPS) is 11.8. The molecule has 4 heteroatoms. The fraction of sp³-hybridized carbons (Fsp3) is 0. The van der Waals surface area contributed by atoms with Crippen molar-refractivity contribution in [1.29, 1.82) is 0 Å². The van der Waals surface area contributed by atoms with Crippen LogP contribution in [0.15, 0.2) is 176 Å². The van der Waals surface area contributed by atoms with Crippen LogP contribution in [0.1, 0.15) is 0 Å². The summed E-state index contributed by atoms with van der Waals surface area (Å²) >= 11 is 0.245. The van der Waals surface area contributed by atoms with Gasteiger partial charge in [-0.25, -0.2) is 0 Å². The third-order valence-corrected chi connectivity index (χ3v) is 12.8. The van der Waals surface area contributed by atoms with E-state index in [4.69, 9.17) is 15.0 Å². The molecule has 0 aliphatic rings. The van der Waals surface area contributed by atoms with Gasteiger partial charge in [0, 0.05) is 0 Å². The van der Waals surface area contributed by atoms with Gasteiger partial charge in [0.05, 0.1) is 0 Å². The van der Waals surface area contributed by atoms with E-state index < -0.39 is 0 Å². The summed E-state index contributed by atoms with van der Waals surface area (Å²) in [4.78, 5) is 15.2. The van der Waals surface area contributed by atoms with Crippen molar-refractivity contribution >= 4 is 76.9 Å². The van der Waals surface area contributed by atoms with E-state index in [1.54, 1.807) is 0 Å². The molecular weight excluding hydrogens is 710 g/mol. The quantitative estimate of drug-likeness (QED) is 0.133. The first-order valence-electron chi connectivity index (χ1n) is 17.9. The second-order valence-electron chi connectivity index (χ2n) is 13.6. The minimum absolute atomic E-state index is 0.245. The zero-order valence-electron chi connectivity index (χ0n) is 28.5. The predicted octanol–water partition coefficient (Wildman–Crippen LogP) is 12.5. The Labute approximate surface area is 311 Å². The molecule has 0 N–H and O–H groups in total. The van der Waals surface area contributed by atoms with E-state index in [0.29, 0.717) is 17.5 Å².